The molecule has 1 saturated carbocycles. The fraction of sp³-hybridized carbons (Fsp3) is 0.636. The molecule has 1 heterocycles. The number of carbonyl (C=O) groups excluding carboxylic acids is 1. The smallest absolute Gasteiger partial charge is 0.407 e. The van der Waals surface area contributed by atoms with Gasteiger partial charge in [-0.05, 0) is 17.9 Å². The lowest BCUT2D eigenvalue weighted by molar-refractivity contribution is -0.116. The number of nitrogens with zero attached hydrogens (tertiary/aromatic N) is 2. The molecule has 1 N–H and O–H groups in total. The molecule has 3 atom stereocenters. The van der Waals surface area contributed by atoms with Crippen molar-refractivity contribution in [3.05, 3.63) is 12.3 Å². The van der Waals surface area contributed by atoms with Gasteiger partial charge in [0.2, 0.25) is 0 Å². The van der Waals surface area contributed by atoms with Gasteiger partial charge in [0, 0.05) is 39.3 Å². The van der Waals surface area contributed by atoms with Gasteiger partial charge in [-0.2, -0.15) is 0 Å². The molecule has 0 aromatic rings. The van der Waals surface area contributed by atoms with E-state index >= 15 is 0 Å². The van der Waals surface area contributed by atoms with Gasteiger partial charge in [0.05, 0.1) is 0 Å². The summed E-state index contributed by atoms with van der Waals surface area (Å²) in [5.74, 6) is 0.714. The quantitative estimate of drug-likeness (QED) is 0.709. The number of allylic oxidation sites excluding steroid dienone is 1. The van der Waals surface area contributed by atoms with Crippen LogP contribution in [-0.4, -0.2) is 54.0 Å². The maximum absolute atomic E-state index is 11.7. The fourth-order valence-electron chi connectivity index (χ4n) is 2.44. The number of rotatable bonds is 3. The number of hydrogen-bond acceptors (Lipinski definition) is 3. The van der Waals surface area contributed by atoms with E-state index in [9.17, 15) is 9.59 Å². The Hall–Kier alpha value is -1.52. The summed E-state index contributed by atoms with van der Waals surface area (Å²) in [7, 11) is 3.73. The Labute approximate surface area is 94.3 Å². The molecule has 1 aliphatic heterocycles. The Kier molecular flexibility index (Phi) is 2.61. The standard InChI is InChI=1S/C11H16N2O3/c1-12(2)4-3-9(14)10-7-5-13(11(15)16)6-8(7)10/h3-4,7-8,10H,5-6H2,1-2H3,(H,15,16)/b4-3+/t7-,8+,10+. The van der Waals surface area contributed by atoms with Crippen LogP contribution in [0.5, 0.6) is 0 Å². The molecule has 0 bridgehead atoms. The van der Waals surface area contributed by atoms with Crippen molar-refractivity contribution in [3.63, 3.8) is 0 Å². The maximum Gasteiger partial charge on any atom is 0.407 e. The second kappa shape index (κ2) is 3.81. The Bertz CT molecular complexity index is 339. The van der Waals surface area contributed by atoms with Gasteiger partial charge >= 0.3 is 6.09 Å². The minimum atomic E-state index is -0.873. The van der Waals surface area contributed by atoms with Crippen LogP contribution in [0.15, 0.2) is 12.3 Å². The Morgan fingerprint density at radius 3 is 2.31 bits per heavy atom. The molecular formula is C11H16N2O3. The molecule has 1 saturated heterocycles. The van der Waals surface area contributed by atoms with Crippen LogP contribution in [0.4, 0.5) is 4.79 Å². The summed E-state index contributed by atoms with van der Waals surface area (Å²) < 4.78 is 0. The van der Waals surface area contributed by atoms with Crippen LogP contribution in [0.1, 0.15) is 0 Å². The van der Waals surface area contributed by atoms with E-state index in [4.69, 9.17) is 5.11 Å². The summed E-state index contributed by atoms with van der Waals surface area (Å²) >= 11 is 0. The molecule has 1 aliphatic carbocycles. The second-order valence-corrected chi connectivity index (χ2v) is 4.72. The van der Waals surface area contributed by atoms with Crippen LogP contribution in [-0.2, 0) is 4.79 Å². The van der Waals surface area contributed by atoms with Gasteiger partial charge in [-0.25, -0.2) is 4.79 Å². The van der Waals surface area contributed by atoms with Crippen LogP contribution < -0.4 is 0 Å². The van der Waals surface area contributed by atoms with Gasteiger partial charge in [0.1, 0.15) is 0 Å². The van der Waals surface area contributed by atoms with E-state index in [0.29, 0.717) is 13.1 Å². The number of carbonyl (C=O) groups is 2. The van der Waals surface area contributed by atoms with Crippen molar-refractivity contribution >= 4 is 11.9 Å². The third-order valence-electron chi connectivity index (χ3n) is 3.33. The first-order chi connectivity index (χ1) is 7.50. The molecule has 2 fully saturated rings. The third kappa shape index (κ3) is 1.89. The number of fused-ring (bicyclic) bond motifs is 1. The summed E-state index contributed by atoms with van der Waals surface area (Å²) in [4.78, 5) is 25.6. The normalized spacial score (nSPS) is 31.6. The topological polar surface area (TPSA) is 60.9 Å². The molecule has 5 heteroatoms. The molecule has 0 unspecified atom stereocenters. The Balaban J connectivity index is 1.86. The predicted molar refractivity (Wildman–Crippen MR) is 57.9 cm³/mol. The van der Waals surface area contributed by atoms with Gasteiger partial charge in [0.25, 0.3) is 0 Å². The van der Waals surface area contributed by atoms with E-state index in [1.165, 1.54) is 4.90 Å². The van der Waals surface area contributed by atoms with Crippen LogP contribution in [0.3, 0.4) is 0 Å². The summed E-state index contributed by atoms with van der Waals surface area (Å²) in [6.45, 7) is 1.04. The van der Waals surface area contributed by atoms with E-state index in [0.717, 1.165) is 0 Å². The average molecular weight is 224 g/mol. The highest BCUT2D eigenvalue weighted by atomic mass is 16.4. The lowest BCUT2D eigenvalue weighted by atomic mass is 10.1. The molecule has 2 aliphatic rings. The van der Waals surface area contributed by atoms with Gasteiger partial charge < -0.3 is 14.9 Å². The molecule has 88 valence electrons. The molecule has 0 spiro atoms. The highest BCUT2D eigenvalue weighted by Gasteiger charge is 2.59. The van der Waals surface area contributed by atoms with E-state index in [2.05, 4.69) is 0 Å². The van der Waals surface area contributed by atoms with Crippen molar-refractivity contribution in [1.82, 2.24) is 9.80 Å². The van der Waals surface area contributed by atoms with Crippen molar-refractivity contribution in [2.45, 2.75) is 0 Å². The lowest BCUT2D eigenvalue weighted by Gasteiger charge is -2.14. The summed E-state index contributed by atoms with van der Waals surface area (Å²) in [5.41, 5.74) is 0. The van der Waals surface area contributed by atoms with Crippen LogP contribution in [0.2, 0.25) is 0 Å². The number of likely N-dealkylation sites (tertiary alicyclic amines) is 1. The number of amides is 1. The Morgan fingerprint density at radius 1 is 1.31 bits per heavy atom. The summed E-state index contributed by atoms with van der Waals surface area (Å²) in [6.07, 6.45) is 2.46. The Morgan fingerprint density at radius 2 is 1.88 bits per heavy atom. The molecule has 5 nitrogen and oxygen atoms in total. The average Bonchev–Trinajstić information content (AvgIpc) is 2.69. The van der Waals surface area contributed by atoms with Crippen molar-refractivity contribution in [1.29, 1.82) is 0 Å². The second-order valence-electron chi connectivity index (χ2n) is 4.72. The van der Waals surface area contributed by atoms with Gasteiger partial charge in [-0.15, -0.1) is 0 Å². The third-order valence-corrected chi connectivity index (χ3v) is 3.33. The zero-order valence-electron chi connectivity index (χ0n) is 9.46. The molecule has 0 aromatic carbocycles. The number of piperidine rings is 1. The largest absolute Gasteiger partial charge is 0.465 e. The molecule has 0 aromatic heterocycles. The molecule has 16 heavy (non-hydrogen) atoms. The number of carboxylic acid groups (broad SMARTS) is 1. The van der Waals surface area contributed by atoms with E-state index in [-0.39, 0.29) is 23.5 Å². The monoisotopic (exact) mass is 224 g/mol. The lowest BCUT2D eigenvalue weighted by Crippen LogP contribution is -2.30. The SMILES string of the molecule is CN(C)/C=C/C(=O)[C@H]1[C@@H]2CN(C(=O)O)C[C@@H]21. The van der Waals surface area contributed by atoms with Crippen LogP contribution >= 0.6 is 0 Å². The molecule has 0 radical (unpaired) electrons. The molecule has 2 rings (SSSR count). The van der Waals surface area contributed by atoms with Crippen molar-refractivity contribution in [2.24, 2.45) is 17.8 Å². The minimum Gasteiger partial charge on any atom is -0.465 e. The predicted octanol–water partition coefficient (Wildman–Crippen LogP) is 0.487. The van der Waals surface area contributed by atoms with E-state index in [1.807, 2.05) is 19.0 Å². The van der Waals surface area contributed by atoms with Crippen molar-refractivity contribution < 1.29 is 14.7 Å². The zero-order valence-corrected chi connectivity index (χ0v) is 9.46. The molecular weight excluding hydrogens is 208 g/mol. The minimum absolute atomic E-state index is 0.0619. The molecule has 1 amide bonds. The van der Waals surface area contributed by atoms with Crippen molar-refractivity contribution in [2.75, 3.05) is 27.2 Å². The van der Waals surface area contributed by atoms with Gasteiger partial charge in [-0.3, -0.25) is 4.79 Å². The van der Waals surface area contributed by atoms with E-state index < -0.39 is 6.09 Å². The first-order valence-electron chi connectivity index (χ1n) is 5.37. The first-order valence-corrected chi connectivity index (χ1v) is 5.37. The van der Waals surface area contributed by atoms with Crippen LogP contribution in [0, 0.1) is 17.8 Å². The van der Waals surface area contributed by atoms with E-state index in [1.54, 1.807) is 12.3 Å². The number of ketones is 1. The zero-order chi connectivity index (χ0) is 11.9. The summed E-state index contributed by atoms with van der Waals surface area (Å²) in [5, 5.41) is 8.77. The van der Waals surface area contributed by atoms with Crippen molar-refractivity contribution in [3.8, 4) is 0 Å². The fourth-order valence-corrected chi connectivity index (χ4v) is 2.44. The first kappa shape index (κ1) is 11.0. The highest BCUT2D eigenvalue weighted by molar-refractivity contribution is 5.94. The van der Waals surface area contributed by atoms with Crippen LogP contribution in [0.25, 0.3) is 0 Å². The summed E-state index contributed by atoms with van der Waals surface area (Å²) in [6, 6.07) is 0. The maximum atomic E-state index is 11.7. The van der Waals surface area contributed by atoms with Gasteiger partial charge in [-0.1, -0.05) is 0 Å². The number of hydrogen-bond donors (Lipinski definition) is 1. The highest BCUT2D eigenvalue weighted by Crippen LogP contribution is 2.52. The van der Waals surface area contributed by atoms with Gasteiger partial charge in [0.15, 0.2) is 5.78 Å².